The molecule has 0 amide bonds. The van der Waals surface area contributed by atoms with Gasteiger partial charge in [-0.2, -0.15) is 0 Å². The summed E-state index contributed by atoms with van der Waals surface area (Å²) >= 11 is 0. The topological polar surface area (TPSA) is 238 Å². The summed E-state index contributed by atoms with van der Waals surface area (Å²) in [6.07, 6.45) is -7.98. The number of aliphatic hydroxyl groups is 8. The van der Waals surface area contributed by atoms with Gasteiger partial charge in [0.05, 0.1) is 104 Å². The molecule has 0 aliphatic rings. The van der Waals surface area contributed by atoms with Gasteiger partial charge in [0.2, 0.25) is 0 Å². The zero-order chi connectivity index (χ0) is 33.7. The summed E-state index contributed by atoms with van der Waals surface area (Å²) in [5.74, 6) is 0.182. The Balaban J connectivity index is 4.02. The minimum absolute atomic E-state index is 0.132. The molecule has 45 heavy (non-hydrogen) atoms. The highest BCUT2D eigenvalue weighted by Crippen LogP contribution is 2.10. The molecule has 0 aliphatic carbocycles. The lowest BCUT2D eigenvalue weighted by molar-refractivity contribution is -0.120. The van der Waals surface area contributed by atoms with Gasteiger partial charge in [0.1, 0.15) is 18.0 Å². The molecule has 0 saturated carbocycles. The number of ether oxygens (including phenoxy) is 6. The standard InChI is InChI=1S/C29H59NO15/c1-2-23(33)5-9-40-11-13-42-15-17-44-19-20-45-18-16-43-14-12-41-10-6-30(21-26(36)28(38)24(34)3-7-31)22-27(37)29(39)25(35)4-8-32/h24-29,31-32,34-39H,2-22H2,1H3. The van der Waals surface area contributed by atoms with Crippen molar-refractivity contribution in [3.8, 4) is 0 Å². The molecular weight excluding hydrogens is 602 g/mol. The summed E-state index contributed by atoms with van der Waals surface area (Å²) in [4.78, 5) is 12.6. The smallest absolute Gasteiger partial charge is 0.134 e. The first kappa shape index (κ1) is 44.1. The number of carbonyl (C=O) groups is 1. The van der Waals surface area contributed by atoms with Gasteiger partial charge in [0, 0.05) is 45.7 Å². The number of carbonyl (C=O) groups excluding carboxylic acids is 1. The highest BCUT2D eigenvalue weighted by Gasteiger charge is 2.30. The minimum Gasteiger partial charge on any atom is -0.396 e. The molecule has 270 valence electrons. The summed E-state index contributed by atoms with van der Waals surface area (Å²) in [7, 11) is 0. The highest BCUT2D eigenvalue weighted by molar-refractivity contribution is 5.78. The first-order valence-corrected chi connectivity index (χ1v) is 15.7. The van der Waals surface area contributed by atoms with E-state index in [-0.39, 0.29) is 64.7 Å². The van der Waals surface area contributed by atoms with E-state index in [0.717, 1.165) is 0 Å². The Morgan fingerprint density at radius 3 is 1.20 bits per heavy atom. The van der Waals surface area contributed by atoms with Crippen molar-refractivity contribution in [3.05, 3.63) is 0 Å². The van der Waals surface area contributed by atoms with Crippen LogP contribution in [0.25, 0.3) is 0 Å². The lowest BCUT2D eigenvalue weighted by atomic mass is 10.0. The Morgan fingerprint density at radius 2 is 0.867 bits per heavy atom. The fraction of sp³-hybridized carbons (Fsp3) is 0.966. The van der Waals surface area contributed by atoms with Crippen LogP contribution in [0.5, 0.6) is 0 Å². The van der Waals surface area contributed by atoms with Gasteiger partial charge < -0.3 is 69.3 Å². The van der Waals surface area contributed by atoms with Gasteiger partial charge >= 0.3 is 0 Å². The van der Waals surface area contributed by atoms with Crippen molar-refractivity contribution in [1.82, 2.24) is 4.90 Å². The maximum Gasteiger partial charge on any atom is 0.134 e. The molecule has 0 radical (unpaired) electrons. The SMILES string of the molecule is CCC(=O)CCOCCOCCOCCOCCOCCOCCN(CC(O)C(O)C(O)CCO)CC(O)C(O)C(O)CCO. The van der Waals surface area contributed by atoms with Gasteiger partial charge in [-0.05, 0) is 12.8 Å². The van der Waals surface area contributed by atoms with Crippen LogP contribution < -0.4 is 0 Å². The molecular formula is C29H59NO15. The molecule has 0 aromatic heterocycles. The van der Waals surface area contributed by atoms with Gasteiger partial charge in [0.15, 0.2) is 0 Å². The molecule has 0 aromatic rings. The van der Waals surface area contributed by atoms with Gasteiger partial charge in [-0.25, -0.2) is 0 Å². The fourth-order valence-electron chi connectivity index (χ4n) is 3.88. The van der Waals surface area contributed by atoms with Crippen LogP contribution >= 0.6 is 0 Å². The molecule has 16 heteroatoms. The first-order chi connectivity index (χ1) is 21.7. The molecule has 0 spiro atoms. The molecule has 6 atom stereocenters. The van der Waals surface area contributed by atoms with E-state index in [0.29, 0.717) is 78.9 Å². The lowest BCUT2D eigenvalue weighted by Gasteiger charge is -2.32. The quantitative estimate of drug-likeness (QED) is 0.0315. The third-order valence-electron chi connectivity index (χ3n) is 6.65. The monoisotopic (exact) mass is 661 g/mol. The van der Waals surface area contributed by atoms with E-state index in [1.807, 2.05) is 6.92 Å². The third kappa shape index (κ3) is 24.8. The number of Topliss-reactive ketones (excluding diaryl/α,β-unsaturated/α-hetero) is 1. The van der Waals surface area contributed by atoms with Crippen molar-refractivity contribution < 1.29 is 74.1 Å². The summed E-state index contributed by atoms with van der Waals surface area (Å²) in [5.41, 5.74) is 0. The second-order valence-corrected chi connectivity index (χ2v) is 10.4. The van der Waals surface area contributed by atoms with Crippen LogP contribution in [-0.2, 0) is 33.2 Å². The highest BCUT2D eigenvalue weighted by atomic mass is 16.6. The predicted octanol–water partition coefficient (Wildman–Crippen LogP) is -3.31. The maximum atomic E-state index is 11.2. The maximum absolute atomic E-state index is 11.2. The van der Waals surface area contributed by atoms with Gasteiger partial charge in [-0.3, -0.25) is 9.69 Å². The summed E-state index contributed by atoms with van der Waals surface area (Å²) in [6, 6.07) is 0. The Hall–Kier alpha value is -0.930. The Labute approximate surface area is 266 Å². The Kier molecular flexibility index (Phi) is 29.8. The van der Waals surface area contributed by atoms with E-state index in [1.165, 1.54) is 4.90 Å². The molecule has 0 saturated heterocycles. The zero-order valence-electron chi connectivity index (χ0n) is 26.7. The number of ketones is 1. The predicted molar refractivity (Wildman–Crippen MR) is 161 cm³/mol. The molecule has 0 heterocycles. The van der Waals surface area contributed by atoms with E-state index in [1.54, 1.807) is 0 Å². The van der Waals surface area contributed by atoms with E-state index in [4.69, 9.17) is 38.6 Å². The number of hydrogen-bond acceptors (Lipinski definition) is 16. The average molecular weight is 662 g/mol. The largest absolute Gasteiger partial charge is 0.396 e. The molecule has 6 unspecified atom stereocenters. The third-order valence-corrected chi connectivity index (χ3v) is 6.65. The lowest BCUT2D eigenvalue weighted by Crippen LogP contribution is -2.50. The van der Waals surface area contributed by atoms with Crippen molar-refractivity contribution in [2.45, 2.75) is 69.2 Å². The Morgan fingerprint density at radius 1 is 0.533 bits per heavy atom. The van der Waals surface area contributed by atoms with E-state index in [2.05, 4.69) is 0 Å². The van der Waals surface area contributed by atoms with E-state index in [9.17, 15) is 35.4 Å². The van der Waals surface area contributed by atoms with Crippen molar-refractivity contribution >= 4 is 5.78 Å². The number of rotatable bonds is 34. The van der Waals surface area contributed by atoms with Crippen molar-refractivity contribution in [1.29, 1.82) is 0 Å². The van der Waals surface area contributed by atoms with Crippen LogP contribution in [0.3, 0.4) is 0 Å². The van der Waals surface area contributed by atoms with Crippen molar-refractivity contribution in [2.24, 2.45) is 0 Å². The average Bonchev–Trinajstić information content (AvgIpc) is 3.02. The Bertz CT molecular complexity index is 639. The van der Waals surface area contributed by atoms with E-state index >= 15 is 0 Å². The van der Waals surface area contributed by atoms with Crippen molar-refractivity contribution in [3.63, 3.8) is 0 Å². The second kappa shape index (κ2) is 30.4. The van der Waals surface area contributed by atoms with Crippen LogP contribution in [0.1, 0.15) is 32.6 Å². The molecule has 0 bridgehead atoms. The first-order valence-electron chi connectivity index (χ1n) is 15.7. The summed E-state index contributed by atoms with van der Waals surface area (Å²) in [5, 5.41) is 78.6. The fourth-order valence-corrected chi connectivity index (χ4v) is 3.88. The van der Waals surface area contributed by atoms with Crippen LogP contribution in [0.2, 0.25) is 0 Å². The summed E-state index contributed by atoms with van der Waals surface area (Å²) < 4.78 is 32.5. The second-order valence-electron chi connectivity index (χ2n) is 10.4. The van der Waals surface area contributed by atoms with Gasteiger partial charge in [-0.1, -0.05) is 6.92 Å². The zero-order valence-corrected chi connectivity index (χ0v) is 26.7. The number of hydrogen-bond donors (Lipinski definition) is 8. The molecule has 0 fully saturated rings. The summed E-state index contributed by atoms with van der Waals surface area (Å²) in [6.45, 7) is 5.23. The normalized spacial score (nSPS) is 16.0. The van der Waals surface area contributed by atoms with Gasteiger partial charge in [0.25, 0.3) is 0 Å². The number of aliphatic hydroxyl groups excluding tert-OH is 8. The molecule has 0 aliphatic heterocycles. The molecule has 0 rings (SSSR count). The van der Waals surface area contributed by atoms with Crippen LogP contribution in [0.15, 0.2) is 0 Å². The van der Waals surface area contributed by atoms with Crippen LogP contribution in [-0.4, -0.2) is 200 Å². The van der Waals surface area contributed by atoms with Crippen LogP contribution in [0.4, 0.5) is 0 Å². The van der Waals surface area contributed by atoms with Crippen LogP contribution in [0, 0.1) is 0 Å². The van der Waals surface area contributed by atoms with Gasteiger partial charge in [-0.15, -0.1) is 0 Å². The van der Waals surface area contributed by atoms with E-state index < -0.39 is 36.6 Å². The minimum atomic E-state index is -1.55. The number of nitrogens with zero attached hydrogens (tertiary/aromatic N) is 1. The molecule has 0 aromatic carbocycles. The molecule has 8 N–H and O–H groups in total. The van der Waals surface area contributed by atoms with Crippen molar-refractivity contribution in [2.75, 3.05) is 112 Å². The molecule has 16 nitrogen and oxygen atoms in total.